The Kier molecular flexibility index (Phi) is 6.69. The first kappa shape index (κ1) is 20.6. The molecule has 0 fully saturated rings. The van der Waals surface area contributed by atoms with Crippen LogP contribution in [0.5, 0.6) is 5.75 Å². The third-order valence-electron chi connectivity index (χ3n) is 3.43. The Bertz CT molecular complexity index is 802. The smallest absolute Gasteiger partial charge is 0.408 e. The number of hydrogen-bond donors (Lipinski definition) is 2. The quantitative estimate of drug-likeness (QED) is 0.740. The van der Waals surface area contributed by atoms with Gasteiger partial charge in [-0.25, -0.2) is 9.59 Å². The van der Waals surface area contributed by atoms with Gasteiger partial charge < -0.3 is 19.9 Å². The highest BCUT2D eigenvalue weighted by Crippen LogP contribution is 2.27. The highest BCUT2D eigenvalue weighted by Gasteiger charge is 2.27. The number of carbonyl (C=O) groups is 2. The number of rotatable bonds is 5. The van der Waals surface area contributed by atoms with Crippen LogP contribution in [-0.4, -0.2) is 22.8 Å². The SMILES string of the molecule is CC(C)(C)OC(=O)NC(C(=O)OCc1ccccc1)c1ccc(O)c(Cl)c1. The molecule has 0 aromatic heterocycles. The van der Waals surface area contributed by atoms with Crippen LogP contribution in [0.4, 0.5) is 4.79 Å². The zero-order valence-electron chi connectivity index (χ0n) is 15.4. The van der Waals surface area contributed by atoms with Crippen LogP contribution in [0.1, 0.15) is 37.9 Å². The average molecular weight is 392 g/mol. The van der Waals surface area contributed by atoms with Gasteiger partial charge in [0.2, 0.25) is 0 Å². The molecular formula is C20H22ClNO5. The number of carbonyl (C=O) groups excluding carboxylic acids is 2. The summed E-state index contributed by atoms with van der Waals surface area (Å²) < 4.78 is 10.5. The number of halogens is 1. The minimum Gasteiger partial charge on any atom is -0.506 e. The van der Waals surface area contributed by atoms with Gasteiger partial charge in [-0.2, -0.15) is 0 Å². The fourth-order valence-electron chi connectivity index (χ4n) is 2.22. The highest BCUT2D eigenvalue weighted by atomic mass is 35.5. The monoisotopic (exact) mass is 391 g/mol. The van der Waals surface area contributed by atoms with Crippen LogP contribution >= 0.6 is 11.6 Å². The first-order chi connectivity index (χ1) is 12.7. The van der Waals surface area contributed by atoms with Gasteiger partial charge in [0.05, 0.1) is 5.02 Å². The van der Waals surface area contributed by atoms with Gasteiger partial charge in [-0.1, -0.05) is 48.0 Å². The molecule has 0 heterocycles. The fraction of sp³-hybridized carbons (Fsp3) is 0.300. The number of hydrogen-bond acceptors (Lipinski definition) is 5. The average Bonchev–Trinajstić information content (AvgIpc) is 2.59. The van der Waals surface area contributed by atoms with Crippen LogP contribution in [0.25, 0.3) is 0 Å². The molecule has 0 bridgehead atoms. The van der Waals surface area contributed by atoms with Crippen molar-refractivity contribution in [3.05, 3.63) is 64.7 Å². The van der Waals surface area contributed by atoms with E-state index in [0.717, 1.165) is 5.56 Å². The van der Waals surface area contributed by atoms with E-state index < -0.39 is 23.7 Å². The molecule has 6 nitrogen and oxygen atoms in total. The Hall–Kier alpha value is -2.73. The largest absolute Gasteiger partial charge is 0.506 e. The van der Waals surface area contributed by atoms with Crippen molar-refractivity contribution in [3.63, 3.8) is 0 Å². The molecule has 0 aliphatic heterocycles. The Morgan fingerprint density at radius 2 is 1.81 bits per heavy atom. The van der Waals surface area contributed by atoms with Crippen LogP contribution in [0.2, 0.25) is 5.02 Å². The van der Waals surface area contributed by atoms with Gasteiger partial charge in [0, 0.05) is 0 Å². The van der Waals surface area contributed by atoms with Gasteiger partial charge in [0.25, 0.3) is 0 Å². The Labute approximate surface area is 163 Å². The minimum absolute atomic E-state index is 0.0536. The van der Waals surface area contributed by atoms with Crippen molar-refractivity contribution >= 4 is 23.7 Å². The van der Waals surface area contributed by atoms with E-state index in [1.54, 1.807) is 20.8 Å². The lowest BCUT2D eigenvalue weighted by atomic mass is 10.1. The Morgan fingerprint density at radius 1 is 1.15 bits per heavy atom. The van der Waals surface area contributed by atoms with E-state index in [-0.39, 0.29) is 17.4 Å². The number of benzene rings is 2. The van der Waals surface area contributed by atoms with Crippen LogP contribution in [0, 0.1) is 0 Å². The summed E-state index contributed by atoms with van der Waals surface area (Å²) in [6.07, 6.45) is -0.770. The highest BCUT2D eigenvalue weighted by molar-refractivity contribution is 6.32. The molecular weight excluding hydrogens is 370 g/mol. The van der Waals surface area contributed by atoms with Crippen molar-refractivity contribution in [2.45, 2.75) is 39.0 Å². The maximum Gasteiger partial charge on any atom is 0.408 e. The molecule has 1 amide bonds. The third kappa shape index (κ3) is 6.49. The molecule has 2 aromatic carbocycles. The zero-order valence-corrected chi connectivity index (χ0v) is 16.1. The van der Waals surface area contributed by atoms with Crippen molar-refractivity contribution in [1.29, 1.82) is 0 Å². The van der Waals surface area contributed by atoms with Crippen LogP contribution in [-0.2, 0) is 20.9 Å². The summed E-state index contributed by atoms with van der Waals surface area (Å²) in [5, 5.41) is 12.1. The zero-order chi connectivity index (χ0) is 20.0. The van der Waals surface area contributed by atoms with Gasteiger partial charge in [0.1, 0.15) is 18.0 Å². The number of phenolic OH excluding ortho intramolecular Hbond substituents is 1. The van der Waals surface area contributed by atoms with Crippen LogP contribution in [0.15, 0.2) is 48.5 Å². The third-order valence-corrected chi connectivity index (χ3v) is 3.73. The molecule has 2 rings (SSSR count). The molecule has 0 saturated heterocycles. The summed E-state index contributed by atoms with van der Waals surface area (Å²) in [4.78, 5) is 24.8. The van der Waals surface area contributed by atoms with Gasteiger partial charge in [0.15, 0.2) is 6.04 Å². The van der Waals surface area contributed by atoms with Crippen molar-refractivity contribution in [2.75, 3.05) is 0 Å². The number of amides is 1. The summed E-state index contributed by atoms with van der Waals surface area (Å²) >= 11 is 5.93. The molecule has 7 heteroatoms. The van der Waals surface area contributed by atoms with E-state index >= 15 is 0 Å². The van der Waals surface area contributed by atoms with E-state index in [2.05, 4.69) is 5.32 Å². The lowest BCUT2D eigenvalue weighted by Gasteiger charge is -2.23. The van der Waals surface area contributed by atoms with E-state index in [1.165, 1.54) is 18.2 Å². The van der Waals surface area contributed by atoms with E-state index in [1.807, 2.05) is 30.3 Å². The first-order valence-corrected chi connectivity index (χ1v) is 8.72. The summed E-state index contributed by atoms with van der Waals surface area (Å²) in [6.45, 7) is 5.20. The lowest BCUT2D eigenvalue weighted by Crippen LogP contribution is -2.38. The fourth-order valence-corrected chi connectivity index (χ4v) is 2.41. The van der Waals surface area contributed by atoms with Crippen molar-refractivity contribution < 1.29 is 24.2 Å². The van der Waals surface area contributed by atoms with E-state index in [4.69, 9.17) is 21.1 Å². The van der Waals surface area contributed by atoms with Gasteiger partial charge in [-0.15, -0.1) is 0 Å². The van der Waals surface area contributed by atoms with Gasteiger partial charge >= 0.3 is 12.1 Å². The van der Waals surface area contributed by atoms with Gasteiger partial charge in [-0.05, 0) is 44.0 Å². The topological polar surface area (TPSA) is 84.9 Å². The summed E-state index contributed by atoms with van der Waals surface area (Å²) in [6, 6.07) is 12.2. The molecule has 1 atom stereocenters. The first-order valence-electron chi connectivity index (χ1n) is 8.34. The van der Waals surface area contributed by atoms with E-state index in [9.17, 15) is 14.7 Å². The number of ether oxygens (including phenoxy) is 2. The van der Waals surface area contributed by atoms with Crippen LogP contribution in [0.3, 0.4) is 0 Å². The minimum atomic E-state index is -1.14. The number of nitrogens with one attached hydrogen (secondary N) is 1. The summed E-state index contributed by atoms with van der Waals surface area (Å²) in [5.74, 6) is -0.805. The Balaban J connectivity index is 2.18. The summed E-state index contributed by atoms with van der Waals surface area (Å²) in [5.41, 5.74) is 0.446. The Morgan fingerprint density at radius 3 is 2.41 bits per heavy atom. The van der Waals surface area contributed by atoms with E-state index in [0.29, 0.717) is 5.56 Å². The van der Waals surface area contributed by atoms with Crippen LogP contribution < -0.4 is 5.32 Å². The number of aromatic hydroxyl groups is 1. The molecule has 0 aliphatic rings. The second-order valence-corrected chi connectivity index (χ2v) is 7.29. The molecule has 0 aliphatic carbocycles. The molecule has 144 valence electrons. The predicted molar refractivity (Wildman–Crippen MR) is 101 cm³/mol. The molecule has 1 unspecified atom stereocenters. The molecule has 2 aromatic rings. The normalized spacial score (nSPS) is 12.1. The standard InChI is InChI=1S/C20H22ClNO5/c1-20(2,3)27-19(25)22-17(14-9-10-16(23)15(21)11-14)18(24)26-12-13-7-5-4-6-8-13/h4-11,17,23H,12H2,1-3H3,(H,22,25). The number of phenols is 1. The maximum atomic E-state index is 12.6. The molecule has 0 saturated carbocycles. The maximum absolute atomic E-state index is 12.6. The summed E-state index contributed by atoms with van der Waals surface area (Å²) in [7, 11) is 0. The lowest BCUT2D eigenvalue weighted by molar-refractivity contribution is -0.147. The molecule has 0 spiro atoms. The van der Waals surface area contributed by atoms with Crippen molar-refractivity contribution in [1.82, 2.24) is 5.32 Å². The number of alkyl carbamates (subject to hydrolysis) is 1. The second-order valence-electron chi connectivity index (χ2n) is 6.88. The van der Waals surface area contributed by atoms with Crippen molar-refractivity contribution in [2.24, 2.45) is 0 Å². The molecule has 0 radical (unpaired) electrons. The van der Waals surface area contributed by atoms with Gasteiger partial charge in [-0.3, -0.25) is 0 Å². The molecule has 27 heavy (non-hydrogen) atoms. The predicted octanol–water partition coefficient (Wildman–Crippen LogP) is 4.35. The number of esters is 1. The molecule has 2 N–H and O–H groups in total. The van der Waals surface area contributed by atoms with Crippen molar-refractivity contribution in [3.8, 4) is 5.75 Å². The second kappa shape index (κ2) is 8.77.